The maximum atomic E-state index is 5.58. The van der Waals surface area contributed by atoms with E-state index in [0.29, 0.717) is 0 Å². The summed E-state index contributed by atoms with van der Waals surface area (Å²) < 4.78 is 5.21. The predicted molar refractivity (Wildman–Crippen MR) is 68.9 cm³/mol. The number of nitrogens with two attached hydrogens (primary N) is 1. The van der Waals surface area contributed by atoms with Crippen LogP contribution in [-0.2, 0) is 0 Å². The Morgan fingerprint density at radius 1 is 1.50 bits per heavy atom. The fourth-order valence-corrected chi connectivity index (χ4v) is 1.46. The molecule has 2 N–H and O–H groups in total. The van der Waals surface area contributed by atoms with Crippen molar-refractivity contribution in [1.29, 1.82) is 0 Å². The number of rotatable bonds is 4. The Morgan fingerprint density at radius 2 is 2.25 bits per heavy atom. The third-order valence-electron chi connectivity index (χ3n) is 2.32. The molecule has 3 heteroatoms. The quantitative estimate of drug-likeness (QED) is 0.789. The fourth-order valence-electron chi connectivity index (χ4n) is 1.46. The molecule has 86 valence electrons. The van der Waals surface area contributed by atoms with Crippen molar-refractivity contribution in [2.24, 2.45) is 10.7 Å². The van der Waals surface area contributed by atoms with Crippen LogP contribution in [0.15, 0.2) is 29.4 Å². The molecule has 1 aromatic carbocycles. The molecule has 0 fully saturated rings. The summed E-state index contributed by atoms with van der Waals surface area (Å²) in [5.41, 5.74) is 8.65. The van der Waals surface area contributed by atoms with Gasteiger partial charge in [0.1, 0.15) is 5.75 Å². The second-order valence-corrected chi connectivity index (χ2v) is 3.43. The van der Waals surface area contributed by atoms with Crippen LogP contribution in [0.5, 0.6) is 5.75 Å². The topological polar surface area (TPSA) is 47.6 Å². The van der Waals surface area contributed by atoms with E-state index in [1.807, 2.05) is 32.0 Å². The van der Waals surface area contributed by atoms with Gasteiger partial charge in [0.15, 0.2) is 0 Å². The van der Waals surface area contributed by atoms with E-state index in [1.165, 1.54) is 0 Å². The van der Waals surface area contributed by atoms with E-state index in [-0.39, 0.29) is 0 Å². The summed E-state index contributed by atoms with van der Waals surface area (Å²) in [4.78, 5) is 4.19. The summed E-state index contributed by atoms with van der Waals surface area (Å²) in [5.74, 6) is 0.882. The zero-order valence-corrected chi connectivity index (χ0v) is 10.0. The molecule has 0 radical (unpaired) electrons. The van der Waals surface area contributed by atoms with Crippen LogP contribution in [0.1, 0.15) is 18.1 Å². The lowest BCUT2D eigenvalue weighted by Crippen LogP contribution is -1.94. The summed E-state index contributed by atoms with van der Waals surface area (Å²) in [6.07, 6.45) is 3.36. The average Bonchev–Trinajstić information content (AvgIpc) is 2.30. The molecule has 0 aromatic heterocycles. The smallest absolute Gasteiger partial charge is 0.121 e. The first kappa shape index (κ1) is 12.3. The van der Waals surface area contributed by atoms with Crippen LogP contribution in [0.2, 0.25) is 0 Å². The van der Waals surface area contributed by atoms with E-state index in [9.17, 15) is 0 Å². The molecule has 0 atom stereocenters. The zero-order chi connectivity index (χ0) is 12.0. The molecule has 0 saturated carbocycles. The van der Waals surface area contributed by atoms with Crippen LogP contribution >= 0.6 is 0 Å². The SMILES string of the molecule is CCN=CC(=CN)c1ccc(OC)c(C)c1. The monoisotopic (exact) mass is 218 g/mol. The van der Waals surface area contributed by atoms with Gasteiger partial charge in [0.2, 0.25) is 0 Å². The normalized spacial score (nSPS) is 12.1. The van der Waals surface area contributed by atoms with Crippen molar-refractivity contribution in [2.75, 3.05) is 13.7 Å². The van der Waals surface area contributed by atoms with Crippen LogP contribution in [0.4, 0.5) is 0 Å². The molecule has 0 amide bonds. The van der Waals surface area contributed by atoms with Crippen LogP contribution in [-0.4, -0.2) is 19.9 Å². The highest BCUT2D eigenvalue weighted by Gasteiger charge is 2.02. The molecule has 0 spiro atoms. The minimum absolute atomic E-state index is 0.756. The number of aliphatic imine (C=N–C) groups is 1. The Kier molecular flexibility index (Phi) is 4.58. The van der Waals surface area contributed by atoms with Crippen LogP contribution in [0.3, 0.4) is 0 Å². The number of nitrogens with zero attached hydrogens (tertiary/aromatic N) is 1. The van der Waals surface area contributed by atoms with Gasteiger partial charge in [-0.25, -0.2) is 0 Å². The Bertz CT molecular complexity index is 408. The Balaban J connectivity index is 3.04. The van der Waals surface area contributed by atoms with Gasteiger partial charge in [0.25, 0.3) is 0 Å². The molecule has 0 bridgehead atoms. The highest BCUT2D eigenvalue weighted by atomic mass is 16.5. The number of benzene rings is 1. The number of ether oxygens (including phenoxy) is 1. The molecule has 0 aliphatic heterocycles. The minimum atomic E-state index is 0.756. The van der Waals surface area contributed by atoms with Crippen molar-refractivity contribution >= 4 is 11.8 Å². The lowest BCUT2D eigenvalue weighted by Gasteiger charge is -2.07. The van der Waals surface area contributed by atoms with Gasteiger partial charge in [0.05, 0.1) is 7.11 Å². The van der Waals surface area contributed by atoms with Crippen molar-refractivity contribution in [3.63, 3.8) is 0 Å². The van der Waals surface area contributed by atoms with Gasteiger partial charge < -0.3 is 10.5 Å². The molecular weight excluding hydrogens is 200 g/mol. The highest BCUT2D eigenvalue weighted by Crippen LogP contribution is 2.21. The Morgan fingerprint density at radius 3 is 2.75 bits per heavy atom. The van der Waals surface area contributed by atoms with E-state index in [0.717, 1.165) is 29.0 Å². The van der Waals surface area contributed by atoms with E-state index < -0.39 is 0 Å². The molecule has 16 heavy (non-hydrogen) atoms. The van der Waals surface area contributed by atoms with Crippen LogP contribution in [0.25, 0.3) is 5.57 Å². The van der Waals surface area contributed by atoms with E-state index in [1.54, 1.807) is 19.5 Å². The number of hydrogen-bond donors (Lipinski definition) is 1. The van der Waals surface area contributed by atoms with Gasteiger partial charge in [-0.15, -0.1) is 0 Å². The van der Waals surface area contributed by atoms with Crippen molar-refractivity contribution in [3.8, 4) is 5.75 Å². The van der Waals surface area contributed by atoms with Crippen LogP contribution < -0.4 is 10.5 Å². The first-order valence-corrected chi connectivity index (χ1v) is 5.29. The fraction of sp³-hybridized carbons (Fsp3) is 0.308. The Labute approximate surface area is 96.6 Å². The summed E-state index contributed by atoms with van der Waals surface area (Å²) >= 11 is 0. The molecule has 0 unspecified atom stereocenters. The maximum absolute atomic E-state index is 5.58. The van der Waals surface area contributed by atoms with Gasteiger partial charge in [-0.1, -0.05) is 6.07 Å². The van der Waals surface area contributed by atoms with Crippen molar-refractivity contribution in [1.82, 2.24) is 0 Å². The van der Waals surface area contributed by atoms with Gasteiger partial charge in [-0.2, -0.15) is 0 Å². The summed E-state index contributed by atoms with van der Waals surface area (Å²) in [5, 5.41) is 0. The number of methoxy groups -OCH3 is 1. The standard InChI is InChI=1S/C13H18N2O/c1-4-15-9-12(8-14)11-5-6-13(16-3)10(2)7-11/h5-9H,4,14H2,1-3H3. The molecule has 3 nitrogen and oxygen atoms in total. The molecule has 0 aliphatic carbocycles. The van der Waals surface area contributed by atoms with Gasteiger partial charge in [0, 0.05) is 24.5 Å². The summed E-state index contributed by atoms with van der Waals surface area (Å²) in [7, 11) is 1.67. The van der Waals surface area contributed by atoms with Gasteiger partial charge in [-0.3, -0.25) is 4.99 Å². The number of aryl methyl sites for hydroxylation is 1. The molecule has 1 aromatic rings. The van der Waals surface area contributed by atoms with Crippen molar-refractivity contribution in [2.45, 2.75) is 13.8 Å². The van der Waals surface area contributed by atoms with Crippen LogP contribution in [0, 0.1) is 6.92 Å². The summed E-state index contributed by atoms with van der Waals surface area (Å²) in [6.45, 7) is 4.75. The summed E-state index contributed by atoms with van der Waals surface area (Å²) in [6, 6.07) is 5.96. The predicted octanol–water partition coefficient (Wildman–Crippen LogP) is 2.39. The maximum Gasteiger partial charge on any atom is 0.121 e. The van der Waals surface area contributed by atoms with Gasteiger partial charge >= 0.3 is 0 Å². The second kappa shape index (κ2) is 5.95. The largest absolute Gasteiger partial charge is 0.496 e. The van der Waals surface area contributed by atoms with Gasteiger partial charge in [-0.05, 0) is 37.1 Å². The molecule has 0 heterocycles. The number of allylic oxidation sites excluding steroid dienone is 1. The molecular formula is C13H18N2O. The van der Waals surface area contributed by atoms with Crippen molar-refractivity contribution in [3.05, 3.63) is 35.5 Å². The first-order valence-electron chi connectivity index (χ1n) is 5.29. The lowest BCUT2D eigenvalue weighted by atomic mass is 10.0. The third kappa shape index (κ3) is 2.86. The molecule has 0 aliphatic rings. The highest BCUT2D eigenvalue weighted by molar-refractivity contribution is 6.09. The second-order valence-electron chi connectivity index (χ2n) is 3.43. The Hall–Kier alpha value is -1.77. The average molecular weight is 218 g/mol. The molecule has 1 rings (SSSR count). The number of hydrogen-bond acceptors (Lipinski definition) is 3. The first-order chi connectivity index (χ1) is 7.72. The van der Waals surface area contributed by atoms with E-state index in [2.05, 4.69) is 4.99 Å². The third-order valence-corrected chi connectivity index (χ3v) is 2.32. The minimum Gasteiger partial charge on any atom is -0.496 e. The molecule has 0 saturated heterocycles. The van der Waals surface area contributed by atoms with E-state index in [4.69, 9.17) is 10.5 Å². The van der Waals surface area contributed by atoms with Crippen molar-refractivity contribution < 1.29 is 4.74 Å². The lowest BCUT2D eigenvalue weighted by molar-refractivity contribution is 0.411. The zero-order valence-electron chi connectivity index (χ0n) is 10.0. The van der Waals surface area contributed by atoms with E-state index >= 15 is 0 Å².